The maximum Gasteiger partial charge on any atom is 0.246 e. The molecule has 2 aliphatic rings. The molecular weight excluding hydrogens is 614 g/mol. The van der Waals surface area contributed by atoms with Crippen molar-refractivity contribution in [2.24, 2.45) is 5.92 Å². The number of rotatable bonds is 13. The number of nitrogens with one attached hydrogen (secondary N) is 4. The highest BCUT2D eigenvalue weighted by molar-refractivity contribution is 7.88. The van der Waals surface area contributed by atoms with Crippen molar-refractivity contribution in [3.8, 4) is 0 Å². The fourth-order valence-corrected chi connectivity index (χ4v) is 7.42. The monoisotopic (exact) mass is 659 g/mol. The highest BCUT2D eigenvalue weighted by Gasteiger charge is 2.48. The lowest BCUT2D eigenvalue weighted by Gasteiger charge is -2.33. The van der Waals surface area contributed by atoms with Gasteiger partial charge in [0.25, 0.3) is 0 Å². The summed E-state index contributed by atoms with van der Waals surface area (Å²) in [5, 5.41) is 9.35. The number of likely N-dealkylation sites (N-methyl/N-ethyl adjacent to an activating group) is 1. The fraction of sp³-hybridized carbons (Fsp3) is 0.417. The number of hydrogen-bond donors (Lipinski definition) is 4. The molecule has 3 aromatic carbocycles. The molecule has 2 heterocycles. The van der Waals surface area contributed by atoms with Gasteiger partial charge < -0.3 is 20.9 Å². The van der Waals surface area contributed by atoms with Crippen LogP contribution in [0.2, 0.25) is 0 Å². The van der Waals surface area contributed by atoms with Gasteiger partial charge in [-0.1, -0.05) is 91.0 Å². The van der Waals surface area contributed by atoms with Gasteiger partial charge in [0.1, 0.15) is 12.1 Å². The molecule has 0 radical (unpaired) electrons. The van der Waals surface area contributed by atoms with E-state index in [9.17, 15) is 22.8 Å². The lowest BCUT2D eigenvalue weighted by molar-refractivity contribution is -0.143. The first-order valence-corrected chi connectivity index (χ1v) is 18.2. The zero-order valence-electron chi connectivity index (χ0n) is 27.0. The maximum atomic E-state index is 14.5. The van der Waals surface area contributed by atoms with Gasteiger partial charge in [-0.2, -0.15) is 0 Å². The van der Waals surface area contributed by atoms with E-state index in [-0.39, 0.29) is 36.2 Å². The van der Waals surface area contributed by atoms with Gasteiger partial charge in [-0.05, 0) is 68.2 Å². The highest BCUT2D eigenvalue weighted by Crippen LogP contribution is 2.36. The van der Waals surface area contributed by atoms with E-state index in [4.69, 9.17) is 0 Å². The van der Waals surface area contributed by atoms with E-state index in [2.05, 4.69) is 20.7 Å². The van der Waals surface area contributed by atoms with Crippen molar-refractivity contribution in [3.63, 3.8) is 0 Å². The zero-order valence-corrected chi connectivity index (χ0v) is 27.8. The summed E-state index contributed by atoms with van der Waals surface area (Å²) < 4.78 is 26.2. The third-order valence-corrected chi connectivity index (χ3v) is 10.1. The van der Waals surface area contributed by atoms with Gasteiger partial charge in [0.05, 0.1) is 18.3 Å². The molecule has 11 heteroatoms. The molecule has 3 amide bonds. The van der Waals surface area contributed by atoms with Crippen molar-refractivity contribution in [1.29, 1.82) is 0 Å². The van der Waals surface area contributed by atoms with E-state index < -0.39 is 34.2 Å². The van der Waals surface area contributed by atoms with E-state index in [1.54, 1.807) is 11.9 Å². The molecule has 250 valence electrons. The molecule has 0 unspecified atom stereocenters. The van der Waals surface area contributed by atoms with Gasteiger partial charge in [-0.25, -0.2) is 13.1 Å². The molecular formula is C36H45N5O5S. The van der Waals surface area contributed by atoms with Crippen molar-refractivity contribution in [2.75, 3.05) is 19.8 Å². The second-order valence-corrected chi connectivity index (χ2v) is 14.4. The number of amides is 3. The Balaban J connectivity index is 1.39. The van der Waals surface area contributed by atoms with Gasteiger partial charge in [0.2, 0.25) is 27.7 Å². The number of fused-ring (bicyclic) bond motifs is 1. The average Bonchev–Trinajstić information content (AvgIpc) is 3.46. The molecule has 0 spiro atoms. The van der Waals surface area contributed by atoms with E-state index in [1.165, 1.54) is 0 Å². The van der Waals surface area contributed by atoms with Crippen LogP contribution in [0.1, 0.15) is 54.8 Å². The predicted molar refractivity (Wildman–Crippen MR) is 182 cm³/mol. The minimum absolute atomic E-state index is 0.146. The predicted octanol–water partition coefficient (Wildman–Crippen LogP) is 2.92. The zero-order chi connectivity index (χ0) is 33.4. The maximum absolute atomic E-state index is 14.5. The normalized spacial score (nSPS) is 21.9. The first-order chi connectivity index (χ1) is 22.6. The smallest absolute Gasteiger partial charge is 0.246 e. The van der Waals surface area contributed by atoms with Crippen LogP contribution in [0.5, 0.6) is 0 Å². The number of carbonyl (C=O) groups excluding carboxylic acids is 3. The third-order valence-electron chi connectivity index (χ3n) is 9.34. The molecule has 5 atom stereocenters. The fourth-order valence-electron chi connectivity index (χ4n) is 6.93. The van der Waals surface area contributed by atoms with Crippen LogP contribution in [0.3, 0.4) is 0 Å². The summed E-state index contributed by atoms with van der Waals surface area (Å²) in [6.45, 7) is 0.146. The summed E-state index contributed by atoms with van der Waals surface area (Å²) in [4.78, 5) is 44.0. The Labute approximate surface area is 277 Å². The van der Waals surface area contributed by atoms with Crippen LogP contribution >= 0.6 is 0 Å². The van der Waals surface area contributed by atoms with E-state index in [0.29, 0.717) is 38.5 Å². The molecule has 2 aliphatic heterocycles. The number of hydrogen-bond acceptors (Lipinski definition) is 6. The Morgan fingerprint density at radius 3 is 2.00 bits per heavy atom. The molecule has 5 rings (SSSR count). The molecule has 2 fully saturated rings. The molecule has 4 N–H and O–H groups in total. The van der Waals surface area contributed by atoms with Crippen molar-refractivity contribution >= 4 is 27.7 Å². The van der Waals surface area contributed by atoms with Crippen molar-refractivity contribution in [2.45, 2.75) is 68.7 Å². The highest BCUT2D eigenvalue weighted by atomic mass is 32.2. The second kappa shape index (κ2) is 15.7. The van der Waals surface area contributed by atoms with Gasteiger partial charge in [0, 0.05) is 12.6 Å². The molecule has 47 heavy (non-hydrogen) atoms. The number of nitrogens with zero attached hydrogens (tertiary/aromatic N) is 1. The lowest BCUT2D eigenvalue weighted by Crippen LogP contribution is -2.58. The van der Waals surface area contributed by atoms with Crippen LogP contribution in [0.25, 0.3) is 0 Å². The standard InChI is InChI=1S/C36H45N5O5S/c1-37-30(24-25-12-6-3-7-13-25)34(42)40-33-28(22-23-38-47(2,45)46)18-19-29-20-21-31(41(29)36(33)44)35(43)39-32(26-14-8-4-9-15-26)27-16-10-5-11-17-27/h3-17,28-33,37-38H,18-24H2,1-2H3,(H,39,43)(H,40,42)/t28-,29+,30-,31+,33+/m1/s1. The average molecular weight is 660 g/mol. The SMILES string of the molecule is CN[C@H](Cc1ccccc1)C(=O)N[C@@H]1C(=O)N2[C@@H](CC[C@@H]1CCNS(C)(=O)=O)CC[C@H]2C(=O)NC(c1ccccc1)c1ccccc1. The van der Waals surface area contributed by atoms with Crippen LogP contribution in [0.4, 0.5) is 0 Å². The number of benzene rings is 3. The Morgan fingerprint density at radius 2 is 1.43 bits per heavy atom. The molecule has 3 aromatic rings. The minimum Gasteiger partial charge on any atom is -0.343 e. The molecule has 10 nitrogen and oxygen atoms in total. The van der Waals surface area contributed by atoms with Crippen molar-refractivity contribution in [3.05, 3.63) is 108 Å². The molecule has 2 saturated heterocycles. The summed E-state index contributed by atoms with van der Waals surface area (Å²) in [5.41, 5.74) is 2.85. The van der Waals surface area contributed by atoms with Crippen molar-refractivity contribution < 1.29 is 22.8 Å². The van der Waals surface area contributed by atoms with Crippen molar-refractivity contribution in [1.82, 2.24) is 25.6 Å². The number of carbonyl (C=O) groups is 3. The quantitative estimate of drug-likeness (QED) is 0.223. The van der Waals surface area contributed by atoms with Crippen LogP contribution < -0.4 is 20.7 Å². The summed E-state index contributed by atoms with van der Waals surface area (Å²) in [7, 11) is -1.72. The van der Waals surface area contributed by atoms with Crippen LogP contribution in [0, 0.1) is 5.92 Å². The molecule has 0 aromatic heterocycles. The Bertz CT molecular complexity index is 1570. The van der Waals surface area contributed by atoms with E-state index >= 15 is 0 Å². The Kier molecular flexibility index (Phi) is 11.4. The second-order valence-electron chi connectivity index (χ2n) is 12.6. The van der Waals surface area contributed by atoms with Gasteiger partial charge in [0.15, 0.2) is 0 Å². The van der Waals surface area contributed by atoms with E-state index in [1.807, 2.05) is 91.0 Å². The van der Waals surface area contributed by atoms with E-state index in [0.717, 1.165) is 22.9 Å². The Hall–Kier alpha value is -4.06. The summed E-state index contributed by atoms with van der Waals surface area (Å²) in [6.07, 6.45) is 4.36. The lowest BCUT2D eigenvalue weighted by atomic mass is 9.90. The molecule has 0 bridgehead atoms. The number of sulfonamides is 1. The van der Waals surface area contributed by atoms with Gasteiger partial charge in [-0.15, -0.1) is 0 Å². The summed E-state index contributed by atoms with van der Waals surface area (Å²) in [5.74, 6) is -1.17. The third kappa shape index (κ3) is 8.85. The summed E-state index contributed by atoms with van der Waals surface area (Å²) >= 11 is 0. The van der Waals surface area contributed by atoms with Crippen LogP contribution in [0.15, 0.2) is 91.0 Å². The first-order valence-electron chi connectivity index (χ1n) is 16.3. The minimum atomic E-state index is -3.43. The summed E-state index contributed by atoms with van der Waals surface area (Å²) in [6, 6.07) is 26.4. The Morgan fingerprint density at radius 1 is 0.851 bits per heavy atom. The topological polar surface area (TPSA) is 137 Å². The first kappa shape index (κ1) is 34.3. The molecule has 0 saturated carbocycles. The largest absolute Gasteiger partial charge is 0.343 e. The van der Waals surface area contributed by atoms with Crippen LogP contribution in [-0.2, 0) is 30.8 Å². The van der Waals surface area contributed by atoms with Gasteiger partial charge >= 0.3 is 0 Å². The molecule has 0 aliphatic carbocycles. The van der Waals surface area contributed by atoms with Crippen LogP contribution in [-0.4, -0.2) is 75.1 Å². The van der Waals surface area contributed by atoms with Gasteiger partial charge in [-0.3, -0.25) is 14.4 Å².